The van der Waals surface area contributed by atoms with Gasteiger partial charge in [-0.25, -0.2) is 0 Å². The number of halogens is 2. The Labute approximate surface area is 171 Å². The van der Waals surface area contributed by atoms with Crippen LogP contribution in [0.15, 0.2) is 24.3 Å². The van der Waals surface area contributed by atoms with Gasteiger partial charge in [0.05, 0.1) is 0 Å². The summed E-state index contributed by atoms with van der Waals surface area (Å²) in [7, 11) is 0. The number of carbonyl (C=O) groups excluding carboxylic acids is 2. The van der Waals surface area contributed by atoms with Gasteiger partial charge in [-0.3, -0.25) is 9.59 Å². The topological polar surface area (TPSA) is 75.4 Å². The molecule has 3 atom stereocenters. The van der Waals surface area contributed by atoms with Gasteiger partial charge in [0.1, 0.15) is 6.04 Å². The van der Waals surface area contributed by atoms with Crippen molar-refractivity contribution in [3.63, 3.8) is 0 Å². The first-order valence-electron chi connectivity index (χ1n) is 9.66. The summed E-state index contributed by atoms with van der Waals surface area (Å²) < 4.78 is 0. The predicted octanol–water partition coefficient (Wildman–Crippen LogP) is 3.14. The Morgan fingerprint density at radius 1 is 1.11 bits per heavy atom. The first-order valence-corrected chi connectivity index (χ1v) is 10.0. The Bertz CT molecular complexity index is 683. The number of benzene rings is 1. The summed E-state index contributed by atoms with van der Waals surface area (Å²) in [5, 5.41) is 3.66. The molecule has 1 aromatic carbocycles. The monoisotopic (exact) mass is 411 g/mol. The molecule has 7 heteroatoms. The lowest BCUT2D eigenvalue weighted by Gasteiger charge is -2.43. The second-order valence-electron chi connectivity index (χ2n) is 8.01. The molecule has 2 bridgehead atoms. The molecule has 2 saturated carbocycles. The van der Waals surface area contributed by atoms with E-state index in [-0.39, 0.29) is 36.2 Å². The minimum absolute atomic E-state index is 0. The van der Waals surface area contributed by atoms with Crippen molar-refractivity contribution in [2.75, 3.05) is 11.4 Å². The van der Waals surface area contributed by atoms with Crippen molar-refractivity contribution in [2.45, 2.75) is 50.6 Å². The Morgan fingerprint density at radius 2 is 1.74 bits per heavy atom. The van der Waals surface area contributed by atoms with Crippen LogP contribution >= 0.6 is 24.0 Å². The smallest absolute Gasteiger partial charge is 0.249 e. The van der Waals surface area contributed by atoms with Crippen LogP contribution in [0.25, 0.3) is 0 Å². The van der Waals surface area contributed by atoms with Crippen molar-refractivity contribution in [3.8, 4) is 0 Å². The fourth-order valence-electron chi connectivity index (χ4n) is 4.98. The summed E-state index contributed by atoms with van der Waals surface area (Å²) in [6.45, 7) is 0.617. The van der Waals surface area contributed by atoms with Gasteiger partial charge in [0.15, 0.2) is 0 Å². The van der Waals surface area contributed by atoms with E-state index in [1.165, 1.54) is 6.42 Å². The zero-order chi connectivity index (χ0) is 18.3. The molecule has 0 spiro atoms. The molecule has 1 heterocycles. The van der Waals surface area contributed by atoms with Crippen LogP contribution in [0.2, 0.25) is 5.02 Å². The van der Waals surface area contributed by atoms with E-state index in [2.05, 4.69) is 5.32 Å². The number of amides is 2. The number of fused-ring (bicyclic) bond motifs is 2. The summed E-state index contributed by atoms with van der Waals surface area (Å²) in [4.78, 5) is 27.2. The van der Waals surface area contributed by atoms with Crippen LogP contribution in [0.4, 0.5) is 5.69 Å². The summed E-state index contributed by atoms with van der Waals surface area (Å²) in [6, 6.07) is 7.07. The Kier molecular flexibility index (Phi) is 6.34. The predicted molar refractivity (Wildman–Crippen MR) is 109 cm³/mol. The molecule has 3 aliphatic rings. The van der Waals surface area contributed by atoms with E-state index in [9.17, 15) is 9.59 Å². The molecule has 1 saturated heterocycles. The third kappa shape index (κ3) is 4.10. The maximum absolute atomic E-state index is 12.8. The van der Waals surface area contributed by atoms with Gasteiger partial charge in [0.25, 0.3) is 0 Å². The molecule has 148 valence electrons. The standard InChI is InChI=1S/C20H26ClN3O2.ClH/c21-15-4-6-16(7-5-15)24-9-8-17(20(24)26)23-19(25)14-10-12-2-1-3-13(11-14)18(12)22;/h4-7,12-14,17-18H,1-3,8-11,22H2,(H,23,25);1H. The van der Waals surface area contributed by atoms with Gasteiger partial charge in [-0.15, -0.1) is 12.4 Å². The maximum atomic E-state index is 12.8. The average Bonchev–Trinajstić information content (AvgIpc) is 2.96. The quantitative estimate of drug-likeness (QED) is 0.801. The van der Waals surface area contributed by atoms with E-state index >= 15 is 0 Å². The SMILES string of the molecule is Cl.NC1C2CCCC1CC(C(=O)NC1CCN(c3ccc(Cl)cc3)C1=O)C2. The molecule has 0 aromatic heterocycles. The number of nitrogens with one attached hydrogen (secondary N) is 1. The third-order valence-electron chi connectivity index (χ3n) is 6.44. The van der Waals surface area contributed by atoms with E-state index in [0.29, 0.717) is 29.8 Å². The highest BCUT2D eigenvalue weighted by molar-refractivity contribution is 6.30. The maximum Gasteiger partial charge on any atom is 0.249 e. The average molecular weight is 412 g/mol. The summed E-state index contributed by atoms with van der Waals surface area (Å²) in [5.41, 5.74) is 7.15. The van der Waals surface area contributed by atoms with E-state index in [1.54, 1.807) is 17.0 Å². The zero-order valence-corrected chi connectivity index (χ0v) is 16.8. The van der Waals surface area contributed by atoms with Crippen LogP contribution in [0.5, 0.6) is 0 Å². The number of rotatable bonds is 3. The van der Waals surface area contributed by atoms with Crippen LogP contribution < -0.4 is 16.0 Å². The van der Waals surface area contributed by atoms with Gasteiger partial charge < -0.3 is 16.0 Å². The first-order chi connectivity index (χ1) is 12.5. The lowest BCUT2D eigenvalue weighted by molar-refractivity contribution is -0.131. The molecule has 0 radical (unpaired) electrons. The van der Waals surface area contributed by atoms with Gasteiger partial charge in [-0.2, -0.15) is 0 Å². The Balaban J connectivity index is 0.00000210. The highest BCUT2D eigenvalue weighted by Crippen LogP contribution is 2.42. The molecule has 1 aromatic rings. The molecule has 3 N–H and O–H groups in total. The van der Waals surface area contributed by atoms with Crippen molar-refractivity contribution in [3.05, 3.63) is 29.3 Å². The fourth-order valence-corrected chi connectivity index (χ4v) is 5.11. The van der Waals surface area contributed by atoms with E-state index < -0.39 is 6.04 Å². The molecular weight excluding hydrogens is 385 g/mol. The largest absolute Gasteiger partial charge is 0.344 e. The van der Waals surface area contributed by atoms with Gasteiger partial charge in [-0.1, -0.05) is 18.0 Å². The van der Waals surface area contributed by atoms with Crippen LogP contribution in [0.3, 0.4) is 0 Å². The Hall–Kier alpha value is -1.30. The van der Waals surface area contributed by atoms with Crippen molar-refractivity contribution in [1.29, 1.82) is 0 Å². The molecule has 2 amide bonds. The van der Waals surface area contributed by atoms with Gasteiger partial charge in [0, 0.05) is 29.2 Å². The van der Waals surface area contributed by atoms with Gasteiger partial charge in [-0.05, 0) is 68.2 Å². The highest BCUT2D eigenvalue weighted by atomic mass is 35.5. The normalized spacial score (nSPS) is 32.7. The second-order valence-corrected chi connectivity index (χ2v) is 8.45. The summed E-state index contributed by atoms with van der Waals surface area (Å²) in [5.74, 6) is 0.923. The van der Waals surface area contributed by atoms with Crippen LogP contribution in [0, 0.1) is 17.8 Å². The van der Waals surface area contributed by atoms with E-state index in [4.69, 9.17) is 17.3 Å². The Morgan fingerprint density at radius 3 is 2.37 bits per heavy atom. The molecule has 5 nitrogen and oxygen atoms in total. The number of hydrogen-bond acceptors (Lipinski definition) is 3. The molecule has 3 fully saturated rings. The number of carbonyl (C=O) groups is 2. The van der Waals surface area contributed by atoms with Crippen molar-refractivity contribution in [2.24, 2.45) is 23.5 Å². The van der Waals surface area contributed by atoms with Crippen molar-refractivity contribution < 1.29 is 9.59 Å². The molecule has 3 unspecified atom stereocenters. The first kappa shape index (κ1) is 20.4. The lowest BCUT2D eigenvalue weighted by atomic mass is 9.65. The molecule has 2 aliphatic carbocycles. The third-order valence-corrected chi connectivity index (χ3v) is 6.70. The van der Waals surface area contributed by atoms with E-state index in [1.807, 2.05) is 12.1 Å². The minimum Gasteiger partial charge on any atom is -0.344 e. The minimum atomic E-state index is -0.423. The number of nitrogens with two attached hydrogens (primary N) is 1. The van der Waals surface area contributed by atoms with Crippen LogP contribution in [0.1, 0.15) is 38.5 Å². The zero-order valence-electron chi connectivity index (χ0n) is 15.3. The number of anilines is 1. The van der Waals surface area contributed by atoms with Crippen LogP contribution in [-0.2, 0) is 9.59 Å². The van der Waals surface area contributed by atoms with Gasteiger partial charge >= 0.3 is 0 Å². The summed E-state index contributed by atoms with van der Waals surface area (Å²) >= 11 is 5.92. The van der Waals surface area contributed by atoms with Crippen LogP contribution in [-0.4, -0.2) is 30.4 Å². The highest BCUT2D eigenvalue weighted by Gasteiger charge is 2.42. The molecular formula is C20H27Cl2N3O2. The summed E-state index contributed by atoms with van der Waals surface area (Å²) in [6.07, 6.45) is 5.87. The molecule has 4 rings (SSSR count). The second kappa shape index (κ2) is 8.38. The molecule has 27 heavy (non-hydrogen) atoms. The molecule has 1 aliphatic heterocycles. The van der Waals surface area contributed by atoms with Crippen molar-refractivity contribution in [1.82, 2.24) is 5.32 Å². The van der Waals surface area contributed by atoms with E-state index in [0.717, 1.165) is 31.4 Å². The fraction of sp³-hybridized carbons (Fsp3) is 0.600. The number of hydrogen-bond donors (Lipinski definition) is 2. The number of nitrogens with zero attached hydrogens (tertiary/aromatic N) is 1. The lowest BCUT2D eigenvalue weighted by Crippen LogP contribution is -2.51. The van der Waals surface area contributed by atoms with Crippen molar-refractivity contribution >= 4 is 41.5 Å². The van der Waals surface area contributed by atoms with Gasteiger partial charge in [0.2, 0.25) is 11.8 Å².